The van der Waals surface area contributed by atoms with Crippen molar-refractivity contribution in [1.82, 2.24) is 10.2 Å². The van der Waals surface area contributed by atoms with Crippen LogP contribution in [0.25, 0.3) is 11.1 Å². The summed E-state index contributed by atoms with van der Waals surface area (Å²) in [6, 6.07) is 40.9. The van der Waals surface area contributed by atoms with Crippen molar-refractivity contribution in [3.8, 4) is 11.1 Å². The third-order valence-corrected chi connectivity index (χ3v) is 9.44. The summed E-state index contributed by atoms with van der Waals surface area (Å²) in [5.41, 5.74) is 5.75. The average Bonchev–Trinajstić information content (AvgIpc) is 3.15. The number of hydrogen-bond acceptors (Lipinski definition) is 3. The van der Waals surface area contributed by atoms with E-state index in [2.05, 4.69) is 27.7 Å². The molecule has 2 N–H and O–H groups in total. The van der Waals surface area contributed by atoms with E-state index in [0.717, 1.165) is 37.1 Å². The van der Waals surface area contributed by atoms with E-state index in [1.807, 2.05) is 84.9 Å². The molecule has 5 aromatic rings. The first-order valence-corrected chi connectivity index (χ1v) is 16.9. The Morgan fingerprint density at radius 2 is 1.39 bits per heavy atom. The minimum Gasteiger partial charge on any atom is -0.350 e. The van der Waals surface area contributed by atoms with E-state index in [-0.39, 0.29) is 29.8 Å². The Bertz CT molecular complexity index is 1840. The largest absolute Gasteiger partial charge is 0.350 e. The average molecular weight is 658 g/mol. The quantitative estimate of drug-likeness (QED) is 0.149. The lowest BCUT2D eigenvalue weighted by molar-refractivity contribution is -0.127. The maximum absolute atomic E-state index is 14.2. The van der Waals surface area contributed by atoms with Gasteiger partial charge in [-0.3, -0.25) is 14.5 Å². The van der Waals surface area contributed by atoms with Crippen LogP contribution in [0.2, 0.25) is 0 Å². The van der Waals surface area contributed by atoms with Crippen molar-refractivity contribution in [3.05, 3.63) is 161 Å². The molecule has 1 atom stereocenters. The molecule has 5 aromatic carbocycles. The SMILES string of the molecule is CCC(F)(F)c1ccc(-c2ccccc2C(=O)Nc2ccc(C3CCN(C(C(=O)NCc4ccccc4)c4ccccc4)CC3)cc2)cc1. The number of nitrogens with one attached hydrogen (secondary N) is 2. The maximum Gasteiger partial charge on any atom is 0.273 e. The number of rotatable bonds is 11. The second kappa shape index (κ2) is 15.4. The summed E-state index contributed by atoms with van der Waals surface area (Å²) in [5, 5.41) is 6.16. The van der Waals surface area contributed by atoms with Gasteiger partial charge in [0.05, 0.1) is 0 Å². The highest BCUT2D eigenvalue weighted by atomic mass is 19.3. The van der Waals surface area contributed by atoms with Crippen LogP contribution >= 0.6 is 0 Å². The van der Waals surface area contributed by atoms with Crippen LogP contribution in [0.15, 0.2) is 133 Å². The Balaban J connectivity index is 1.08. The maximum atomic E-state index is 14.2. The Hall–Kier alpha value is -5.14. The molecule has 0 saturated carbocycles. The zero-order valence-electron chi connectivity index (χ0n) is 27.6. The smallest absolute Gasteiger partial charge is 0.273 e. The summed E-state index contributed by atoms with van der Waals surface area (Å²) in [5.74, 6) is -2.81. The number of piperidine rings is 1. The molecule has 1 saturated heterocycles. The fourth-order valence-corrected chi connectivity index (χ4v) is 6.60. The number of alkyl halides is 2. The molecule has 6 rings (SSSR count). The van der Waals surface area contributed by atoms with E-state index in [1.165, 1.54) is 24.6 Å². The highest BCUT2D eigenvalue weighted by Gasteiger charge is 2.32. The number of hydrogen-bond donors (Lipinski definition) is 2. The molecule has 2 amide bonds. The van der Waals surface area contributed by atoms with Crippen LogP contribution in [0.4, 0.5) is 14.5 Å². The van der Waals surface area contributed by atoms with Gasteiger partial charge in [-0.25, -0.2) is 8.78 Å². The minimum atomic E-state index is -2.89. The molecule has 250 valence electrons. The van der Waals surface area contributed by atoms with Gasteiger partial charge in [0.2, 0.25) is 5.91 Å². The van der Waals surface area contributed by atoms with E-state index >= 15 is 0 Å². The van der Waals surface area contributed by atoms with Gasteiger partial charge in [-0.1, -0.05) is 122 Å². The molecule has 1 unspecified atom stereocenters. The molecule has 7 heteroatoms. The highest BCUT2D eigenvalue weighted by Crippen LogP contribution is 2.35. The van der Waals surface area contributed by atoms with Crippen molar-refractivity contribution in [2.24, 2.45) is 0 Å². The van der Waals surface area contributed by atoms with Crippen LogP contribution in [0.5, 0.6) is 0 Å². The number of nitrogens with zero attached hydrogens (tertiary/aromatic N) is 1. The Morgan fingerprint density at radius 1 is 0.776 bits per heavy atom. The summed E-state index contributed by atoms with van der Waals surface area (Å²) in [6.45, 7) is 3.52. The fourth-order valence-electron chi connectivity index (χ4n) is 6.60. The summed E-state index contributed by atoms with van der Waals surface area (Å²) >= 11 is 0. The van der Waals surface area contributed by atoms with Gasteiger partial charge in [0.25, 0.3) is 11.8 Å². The summed E-state index contributed by atoms with van der Waals surface area (Å²) < 4.78 is 28.3. The van der Waals surface area contributed by atoms with E-state index in [9.17, 15) is 18.4 Å². The first-order valence-electron chi connectivity index (χ1n) is 16.9. The van der Waals surface area contributed by atoms with Gasteiger partial charge in [-0.15, -0.1) is 0 Å². The normalized spacial score (nSPS) is 14.6. The molecule has 1 fully saturated rings. The highest BCUT2D eigenvalue weighted by molar-refractivity contribution is 6.08. The second-order valence-corrected chi connectivity index (χ2v) is 12.6. The number of benzene rings is 5. The predicted octanol–water partition coefficient (Wildman–Crippen LogP) is 9.34. The van der Waals surface area contributed by atoms with Crippen molar-refractivity contribution in [3.63, 3.8) is 0 Å². The molecule has 0 radical (unpaired) electrons. The van der Waals surface area contributed by atoms with Gasteiger partial charge in [0.15, 0.2) is 0 Å². The third kappa shape index (κ3) is 8.12. The number of likely N-dealkylation sites (tertiary alicyclic amines) is 1. The third-order valence-electron chi connectivity index (χ3n) is 9.44. The molecule has 0 bridgehead atoms. The first kappa shape index (κ1) is 33.7. The summed E-state index contributed by atoms with van der Waals surface area (Å²) in [7, 11) is 0. The van der Waals surface area contributed by atoms with Crippen molar-refractivity contribution in [2.45, 2.75) is 50.6 Å². The molecule has 5 nitrogen and oxygen atoms in total. The predicted molar refractivity (Wildman–Crippen MR) is 191 cm³/mol. The molecule has 1 aliphatic heterocycles. The molecule has 0 aliphatic carbocycles. The zero-order chi connectivity index (χ0) is 34.2. The minimum absolute atomic E-state index is 0.00484. The van der Waals surface area contributed by atoms with Crippen LogP contribution in [-0.2, 0) is 17.3 Å². The van der Waals surface area contributed by atoms with Crippen LogP contribution < -0.4 is 10.6 Å². The molecule has 49 heavy (non-hydrogen) atoms. The monoisotopic (exact) mass is 657 g/mol. The van der Waals surface area contributed by atoms with Crippen molar-refractivity contribution < 1.29 is 18.4 Å². The summed E-state index contributed by atoms with van der Waals surface area (Å²) in [4.78, 5) is 29.2. The first-order chi connectivity index (χ1) is 23.8. The van der Waals surface area contributed by atoms with Gasteiger partial charge in [0, 0.05) is 29.8 Å². The fraction of sp³-hybridized carbons (Fsp3) is 0.238. The number of amides is 2. The van der Waals surface area contributed by atoms with Crippen molar-refractivity contribution >= 4 is 17.5 Å². The van der Waals surface area contributed by atoms with Crippen molar-refractivity contribution in [1.29, 1.82) is 0 Å². The lowest BCUT2D eigenvalue weighted by Gasteiger charge is -2.37. The number of anilines is 1. The van der Waals surface area contributed by atoms with Gasteiger partial charge >= 0.3 is 0 Å². The second-order valence-electron chi connectivity index (χ2n) is 12.6. The Kier molecular flexibility index (Phi) is 10.6. The molecular formula is C42H41F2N3O2. The molecule has 1 aliphatic rings. The van der Waals surface area contributed by atoms with E-state index in [0.29, 0.717) is 34.8 Å². The zero-order valence-corrected chi connectivity index (χ0v) is 27.6. The summed E-state index contributed by atoms with van der Waals surface area (Å²) in [6.07, 6.45) is 1.56. The molecule has 0 aromatic heterocycles. The topological polar surface area (TPSA) is 61.4 Å². The Labute approximate surface area is 287 Å². The van der Waals surface area contributed by atoms with E-state index < -0.39 is 5.92 Å². The lowest BCUT2D eigenvalue weighted by Crippen LogP contribution is -2.43. The van der Waals surface area contributed by atoms with Gasteiger partial charge in [0.1, 0.15) is 6.04 Å². The van der Waals surface area contributed by atoms with Crippen LogP contribution in [0.1, 0.15) is 70.8 Å². The van der Waals surface area contributed by atoms with E-state index in [4.69, 9.17) is 0 Å². The lowest BCUT2D eigenvalue weighted by atomic mass is 9.88. The van der Waals surface area contributed by atoms with Crippen molar-refractivity contribution in [2.75, 3.05) is 18.4 Å². The van der Waals surface area contributed by atoms with Crippen LogP contribution in [0.3, 0.4) is 0 Å². The molecule has 0 spiro atoms. The van der Waals surface area contributed by atoms with Gasteiger partial charge in [-0.05, 0) is 77.9 Å². The van der Waals surface area contributed by atoms with E-state index in [1.54, 1.807) is 24.3 Å². The number of carbonyl (C=O) groups is 2. The van der Waals surface area contributed by atoms with Gasteiger partial charge < -0.3 is 10.6 Å². The molecule has 1 heterocycles. The van der Waals surface area contributed by atoms with Crippen LogP contribution in [0, 0.1) is 0 Å². The van der Waals surface area contributed by atoms with Crippen LogP contribution in [-0.4, -0.2) is 29.8 Å². The standard InChI is InChI=1S/C42H41F2N3O2/c1-2-42(43,44)35-21-17-33(18-22-35)37-15-9-10-16-38(37)40(48)46-36-23-19-31(20-24-36)32-25-27-47(28-26-32)39(34-13-7-4-8-14-34)41(49)45-29-30-11-5-3-6-12-30/h3-24,32,39H,2,25-29H2,1H3,(H,45,49)(H,46,48). The molecular weight excluding hydrogens is 616 g/mol. The number of halogens is 2. The van der Waals surface area contributed by atoms with Gasteiger partial charge in [-0.2, -0.15) is 0 Å². The number of carbonyl (C=O) groups excluding carboxylic acids is 2. The Morgan fingerprint density at radius 3 is 2.04 bits per heavy atom.